The number of methoxy groups -OCH3 is 1. The Bertz CT molecular complexity index is 1310. The molecule has 212 valence electrons. The van der Waals surface area contributed by atoms with Gasteiger partial charge in [-0.05, 0) is 45.4 Å². The Labute approximate surface area is 231 Å². The highest BCUT2D eigenvalue weighted by Crippen LogP contribution is 2.31. The lowest BCUT2D eigenvalue weighted by Crippen LogP contribution is -2.46. The summed E-state index contributed by atoms with van der Waals surface area (Å²) in [5, 5.41) is 19.9. The minimum Gasteiger partial charge on any atom is -0.503 e. The molecule has 1 aromatic carbocycles. The standard InChI is InChI=1S/C21H21FN4O3S.C4H9NO.C2H6O/c1-11(2)25-9-12(3)26-10-15(18(27)19(28)17(26)21(25)29)20-24-23-16(30-20)8-13-4-6-14(22)7-5-13;1-3-5(2)4-6;1-3-2/h4-7,10-12,28H,8-9H2,1-3H3;4H,3H2,1-2H3;1-2H3. The molecule has 12 heteroatoms. The second-order valence-corrected chi connectivity index (χ2v) is 10.3. The number of amides is 2. The molecule has 0 saturated carbocycles. The van der Waals surface area contributed by atoms with Crippen LogP contribution >= 0.6 is 11.3 Å². The summed E-state index contributed by atoms with van der Waals surface area (Å²) in [6.45, 7) is 8.93. The van der Waals surface area contributed by atoms with Crippen molar-refractivity contribution < 1.29 is 23.8 Å². The highest BCUT2D eigenvalue weighted by molar-refractivity contribution is 7.14. The minimum atomic E-state index is -0.642. The van der Waals surface area contributed by atoms with Crippen molar-refractivity contribution in [1.29, 1.82) is 0 Å². The molecule has 0 spiro atoms. The van der Waals surface area contributed by atoms with Crippen LogP contribution in [-0.4, -0.2) is 82.4 Å². The van der Waals surface area contributed by atoms with Crippen molar-refractivity contribution in [2.45, 2.75) is 46.2 Å². The number of fused-ring (bicyclic) bond motifs is 1. The van der Waals surface area contributed by atoms with E-state index in [0.29, 0.717) is 23.0 Å². The summed E-state index contributed by atoms with van der Waals surface area (Å²) in [5.41, 5.74) is 0.443. The van der Waals surface area contributed by atoms with Crippen molar-refractivity contribution >= 4 is 23.7 Å². The monoisotopic (exact) mass is 561 g/mol. The Morgan fingerprint density at radius 1 is 1.23 bits per heavy atom. The topological polar surface area (TPSA) is 118 Å². The van der Waals surface area contributed by atoms with Gasteiger partial charge in [0.05, 0.1) is 5.56 Å². The van der Waals surface area contributed by atoms with E-state index in [1.54, 1.807) is 54.0 Å². The van der Waals surface area contributed by atoms with Crippen molar-refractivity contribution in [3.05, 3.63) is 62.8 Å². The maximum absolute atomic E-state index is 13.1. The molecule has 2 amide bonds. The first-order valence-electron chi connectivity index (χ1n) is 12.4. The second kappa shape index (κ2) is 14.5. The van der Waals surface area contributed by atoms with Crippen molar-refractivity contribution in [3.63, 3.8) is 0 Å². The van der Waals surface area contributed by atoms with Gasteiger partial charge in [0.25, 0.3) is 5.91 Å². The number of aromatic hydroxyl groups is 1. The van der Waals surface area contributed by atoms with Crippen LogP contribution in [0.3, 0.4) is 0 Å². The Balaban J connectivity index is 0.000000516. The molecule has 0 fully saturated rings. The smallest absolute Gasteiger partial charge is 0.274 e. The number of hydrogen-bond donors (Lipinski definition) is 1. The van der Waals surface area contributed by atoms with E-state index >= 15 is 0 Å². The van der Waals surface area contributed by atoms with Crippen LogP contribution in [0.5, 0.6) is 5.75 Å². The van der Waals surface area contributed by atoms with Gasteiger partial charge in [0.2, 0.25) is 11.8 Å². The number of carbonyl (C=O) groups excluding carboxylic acids is 2. The van der Waals surface area contributed by atoms with Crippen molar-refractivity contribution in [2.75, 3.05) is 34.4 Å². The number of ether oxygens (including phenoxy) is 1. The van der Waals surface area contributed by atoms with Crippen LogP contribution in [0.4, 0.5) is 4.39 Å². The fourth-order valence-corrected chi connectivity index (χ4v) is 4.53. The predicted molar refractivity (Wildman–Crippen MR) is 149 cm³/mol. The van der Waals surface area contributed by atoms with Crippen LogP contribution in [0.1, 0.15) is 54.8 Å². The highest BCUT2D eigenvalue weighted by Gasteiger charge is 2.34. The van der Waals surface area contributed by atoms with Gasteiger partial charge in [0.15, 0.2) is 16.5 Å². The molecule has 4 rings (SSSR count). The van der Waals surface area contributed by atoms with Crippen molar-refractivity contribution in [2.24, 2.45) is 0 Å². The highest BCUT2D eigenvalue weighted by atomic mass is 32.1. The van der Waals surface area contributed by atoms with Crippen LogP contribution < -0.4 is 5.43 Å². The van der Waals surface area contributed by atoms with Gasteiger partial charge in [-0.3, -0.25) is 14.4 Å². The largest absolute Gasteiger partial charge is 0.503 e. The van der Waals surface area contributed by atoms with E-state index in [2.05, 4.69) is 14.9 Å². The van der Waals surface area contributed by atoms with E-state index in [9.17, 15) is 23.9 Å². The van der Waals surface area contributed by atoms with Crippen LogP contribution in [0, 0.1) is 5.82 Å². The van der Waals surface area contributed by atoms with Gasteiger partial charge in [-0.25, -0.2) is 4.39 Å². The molecule has 1 aliphatic heterocycles. The number of benzene rings is 1. The molecule has 0 bridgehead atoms. The third-order valence-corrected chi connectivity index (χ3v) is 6.83. The summed E-state index contributed by atoms with van der Waals surface area (Å²) in [6, 6.07) is 5.94. The molecule has 0 aliphatic carbocycles. The van der Waals surface area contributed by atoms with Crippen LogP contribution in [-0.2, 0) is 16.0 Å². The molecule has 1 aliphatic rings. The number of carbonyl (C=O) groups is 2. The van der Waals surface area contributed by atoms with Gasteiger partial charge in [-0.2, -0.15) is 0 Å². The molecule has 1 N–H and O–H groups in total. The zero-order valence-electron chi connectivity index (χ0n) is 23.3. The van der Waals surface area contributed by atoms with Gasteiger partial charge >= 0.3 is 0 Å². The number of aromatic nitrogens is 3. The Kier molecular flexibility index (Phi) is 11.7. The molecule has 1 unspecified atom stereocenters. The molecule has 39 heavy (non-hydrogen) atoms. The van der Waals surface area contributed by atoms with Crippen molar-refractivity contribution in [3.8, 4) is 16.3 Å². The lowest BCUT2D eigenvalue weighted by atomic mass is 10.1. The zero-order chi connectivity index (χ0) is 29.3. The summed E-state index contributed by atoms with van der Waals surface area (Å²) in [4.78, 5) is 38.5. The number of halogens is 1. The Hall–Kier alpha value is -3.64. The number of hydrogen-bond acceptors (Lipinski definition) is 8. The van der Waals surface area contributed by atoms with E-state index in [1.807, 2.05) is 27.7 Å². The second-order valence-electron chi connectivity index (χ2n) is 9.27. The van der Waals surface area contributed by atoms with E-state index in [1.165, 1.54) is 23.5 Å². The van der Waals surface area contributed by atoms with Crippen LogP contribution in [0.2, 0.25) is 0 Å². The average Bonchev–Trinajstić information content (AvgIpc) is 3.37. The first kappa shape index (κ1) is 31.6. The first-order chi connectivity index (χ1) is 18.5. The maximum Gasteiger partial charge on any atom is 0.274 e. The summed E-state index contributed by atoms with van der Waals surface area (Å²) in [7, 11) is 4.99. The summed E-state index contributed by atoms with van der Waals surface area (Å²) >= 11 is 1.23. The van der Waals surface area contributed by atoms with E-state index < -0.39 is 11.2 Å². The van der Waals surface area contributed by atoms with Crippen LogP contribution in [0.25, 0.3) is 10.6 Å². The third-order valence-electron chi connectivity index (χ3n) is 5.88. The molecule has 0 radical (unpaired) electrons. The summed E-state index contributed by atoms with van der Waals surface area (Å²) in [6.07, 6.45) is 2.84. The molecule has 0 saturated heterocycles. The molecular weight excluding hydrogens is 525 g/mol. The molecule has 3 aromatic rings. The Morgan fingerprint density at radius 3 is 2.36 bits per heavy atom. The summed E-state index contributed by atoms with van der Waals surface area (Å²) in [5.74, 6) is -1.24. The lowest BCUT2D eigenvalue weighted by Gasteiger charge is -2.37. The van der Waals surface area contributed by atoms with Gasteiger partial charge in [0.1, 0.15) is 10.8 Å². The first-order valence-corrected chi connectivity index (χ1v) is 13.2. The molecule has 2 aromatic heterocycles. The molecule has 10 nitrogen and oxygen atoms in total. The van der Waals surface area contributed by atoms with Gasteiger partial charge in [-0.15, -0.1) is 10.2 Å². The number of pyridine rings is 1. The van der Waals surface area contributed by atoms with E-state index in [4.69, 9.17) is 0 Å². The third kappa shape index (κ3) is 7.93. The van der Waals surface area contributed by atoms with Gasteiger partial charge < -0.3 is 24.2 Å². The summed E-state index contributed by atoms with van der Waals surface area (Å²) < 4.78 is 19.0. The van der Waals surface area contributed by atoms with Gasteiger partial charge in [-0.1, -0.05) is 23.5 Å². The normalized spacial score (nSPS) is 14.1. The number of rotatable bonds is 6. The quantitative estimate of drug-likeness (QED) is 0.457. The minimum absolute atomic E-state index is 0.00671. The van der Waals surface area contributed by atoms with Gasteiger partial charge in [0, 0.05) is 59.1 Å². The SMILES string of the molecule is CC(C)N1CC(C)n2cc(-c3nnc(Cc4ccc(F)cc4)s3)c(=O)c(O)c2C1=O.CCN(C)C=O.COC. The fraction of sp³-hybridized carbons (Fsp3) is 0.444. The van der Waals surface area contributed by atoms with Crippen LogP contribution in [0.15, 0.2) is 35.3 Å². The molecular formula is C27H36FN5O5S. The molecule has 1 atom stereocenters. The predicted octanol–water partition coefficient (Wildman–Crippen LogP) is 3.58. The average molecular weight is 562 g/mol. The molecule has 3 heterocycles. The van der Waals surface area contributed by atoms with E-state index in [-0.39, 0.29) is 35.1 Å². The maximum atomic E-state index is 13.1. The lowest BCUT2D eigenvalue weighted by molar-refractivity contribution is -0.116. The Morgan fingerprint density at radius 2 is 1.85 bits per heavy atom. The zero-order valence-corrected chi connectivity index (χ0v) is 24.2. The fourth-order valence-electron chi connectivity index (χ4n) is 3.65. The van der Waals surface area contributed by atoms with E-state index in [0.717, 1.165) is 18.5 Å². The number of nitrogens with zero attached hydrogens (tertiary/aromatic N) is 5. The van der Waals surface area contributed by atoms with Crippen molar-refractivity contribution in [1.82, 2.24) is 24.6 Å².